The van der Waals surface area contributed by atoms with Crippen LogP contribution in [0.1, 0.15) is 22.7 Å². The minimum Gasteiger partial charge on any atom is -0.448 e. The van der Waals surface area contributed by atoms with E-state index < -0.39 is 11.7 Å². The highest BCUT2D eigenvalue weighted by atomic mass is 16.6. The topological polar surface area (TPSA) is 62.7 Å². The summed E-state index contributed by atoms with van der Waals surface area (Å²) in [6.07, 6.45) is 1.24. The van der Waals surface area contributed by atoms with Crippen molar-refractivity contribution in [1.29, 1.82) is 0 Å². The smallest absolute Gasteiger partial charge is 0.410 e. The summed E-state index contributed by atoms with van der Waals surface area (Å²) in [5, 5.41) is 10.6. The van der Waals surface area contributed by atoms with Gasteiger partial charge in [0, 0.05) is 12.1 Å². The monoisotopic (exact) mass is 372 g/mol. The van der Waals surface area contributed by atoms with Crippen molar-refractivity contribution in [3.63, 3.8) is 0 Å². The molecule has 1 aromatic heterocycles. The Kier molecular flexibility index (Phi) is 3.91. The Balaban J connectivity index is 1.27. The number of nitrogens with zero attached hydrogens (tertiary/aromatic N) is 2. The molecule has 5 rings (SSSR count). The standard InChI is InChI=1S/C23H20N2O3/c26-22(25-14-23(27,15-25)21-11-5-6-12-24-21)28-13-20-18-9-3-1-7-16(18)17-8-2-4-10-19(17)20/h1-12,20,27H,13-15H2. The van der Waals surface area contributed by atoms with Crippen LogP contribution >= 0.6 is 0 Å². The lowest BCUT2D eigenvalue weighted by Crippen LogP contribution is -2.61. The molecule has 1 fully saturated rings. The first-order valence-corrected chi connectivity index (χ1v) is 9.39. The molecule has 140 valence electrons. The molecular formula is C23H20N2O3. The first-order valence-electron chi connectivity index (χ1n) is 9.39. The molecule has 1 saturated heterocycles. The minimum absolute atomic E-state index is 0.0345. The molecule has 5 heteroatoms. The molecule has 2 heterocycles. The van der Waals surface area contributed by atoms with Crippen LogP contribution in [-0.4, -0.2) is 40.8 Å². The van der Waals surface area contributed by atoms with Gasteiger partial charge < -0.3 is 14.7 Å². The number of fused-ring (bicyclic) bond motifs is 3. The Morgan fingerprint density at radius 1 is 1.00 bits per heavy atom. The average molecular weight is 372 g/mol. The fourth-order valence-electron chi connectivity index (χ4n) is 4.20. The predicted octanol–water partition coefficient (Wildman–Crippen LogP) is 3.53. The third-order valence-electron chi connectivity index (χ3n) is 5.64. The fourth-order valence-corrected chi connectivity index (χ4v) is 4.20. The number of carbonyl (C=O) groups excluding carboxylic acids is 1. The van der Waals surface area contributed by atoms with Gasteiger partial charge in [-0.1, -0.05) is 54.6 Å². The van der Waals surface area contributed by atoms with Gasteiger partial charge in [0.05, 0.1) is 18.8 Å². The number of β-amino-alcohol motifs (C(OH)–C–C–N with tert-alkyl or cyclic N) is 1. The highest BCUT2D eigenvalue weighted by Gasteiger charge is 2.47. The number of aromatic nitrogens is 1. The second-order valence-electron chi connectivity index (χ2n) is 7.41. The number of amides is 1. The molecule has 0 radical (unpaired) electrons. The van der Waals surface area contributed by atoms with Crippen LogP contribution in [0.3, 0.4) is 0 Å². The molecule has 0 unspecified atom stereocenters. The van der Waals surface area contributed by atoms with Crippen molar-refractivity contribution < 1.29 is 14.6 Å². The predicted molar refractivity (Wildman–Crippen MR) is 105 cm³/mol. The van der Waals surface area contributed by atoms with Crippen molar-refractivity contribution in [2.24, 2.45) is 0 Å². The number of aliphatic hydroxyl groups is 1. The molecule has 5 nitrogen and oxygen atoms in total. The molecular weight excluding hydrogens is 352 g/mol. The van der Waals surface area contributed by atoms with Crippen LogP contribution in [0, 0.1) is 0 Å². The zero-order valence-corrected chi connectivity index (χ0v) is 15.3. The molecule has 3 aromatic rings. The summed E-state index contributed by atoms with van der Waals surface area (Å²) in [7, 11) is 0. The molecule has 1 N–H and O–H groups in total. The second kappa shape index (κ2) is 6.46. The third-order valence-corrected chi connectivity index (χ3v) is 5.64. The number of hydrogen-bond acceptors (Lipinski definition) is 4. The third kappa shape index (κ3) is 2.67. The lowest BCUT2D eigenvalue weighted by atomic mass is 9.90. The quantitative estimate of drug-likeness (QED) is 0.764. The number of hydrogen-bond donors (Lipinski definition) is 1. The molecule has 1 aliphatic carbocycles. The van der Waals surface area contributed by atoms with Gasteiger partial charge in [0.25, 0.3) is 0 Å². The fraction of sp³-hybridized carbons (Fsp3) is 0.217. The first kappa shape index (κ1) is 17.0. The van der Waals surface area contributed by atoms with Crippen molar-refractivity contribution >= 4 is 6.09 Å². The lowest BCUT2D eigenvalue weighted by Gasteiger charge is -2.45. The maximum Gasteiger partial charge on any atom is 0.410 e. The van der Waals surface area contributed by atoms with E-state index in [4.69, 9.17) is 4.74 Å². The van der Waals surface area contributed by atoms with Crippen molar-refractivity contribution in [2.75, 3.05) is 19.7 Å². The summed E-state index contributed by atoms with van der Waals surface area (Å²) >= 11 is 0. The Hall–Kier alpha value is -3.18. The van der Waals surface area contributed by atoms with E-state index in [1.165, 1.54) is 27.2 Å². The Morgan fingerprint density at radius 3 is 2.21 bits per heavy atom. The summed E-state index contributed by atoms with van der Waals surface area (Å²) in [4.78, 5) is 18.2. The van der Waals surface area contributed by atoms with Gasteiger partial charge in [-0.25, -0.2) is 4.79 Å². The Morgan fingerprint density at radius 2 is 1.61 bits per heavy atom. The van der Waals surface area contributed by atoms with Gasteiger partial charge in [0.15, 0.2) is 0 Å². The summed E-state index contributed by atoms with van der Waals surface area (Å²) in [5.41, 5.74) is 4.26. The van der Waals surface area contributed by atoms with Gasteiger partial charge in [-0.05, 0) is 34.4 Å². The van der Waals surface area contributed by atoms with E-state index in [0.29, 0.717) is 5.69 Å². The van der Waals surface area contributed by atoms with Crippen molar-refractivity contribution in [2.45, 2.75) is 11.5 Å². The van der Waals surface area contributed by atoms with Crippen LogP contribution in [0.2, 0.25) is 0 Å². The summed E-state index contributed by atoms with van der Waals surface area (Å²) < 4.78 is 5.63. The number of ether oxygens (including phenoxy) is 1. The molecule has 2 aliphatic rings. The van der Waals surface area contributed by atoms with Crippen molar-refractivity contribution in [3.05, 3.63) is 89.7 Å². The van der Waals surface area contributed by atoms with Gasteiger partial charge >= 0.3 is 6.09 Å². The van der Waals surface area contributed by atoms with Gasteiger partial charge in [0.1, 0.15) is 12.2 Å². The maximum absolute atomic E-state index is 12.5. The van der Waals surface area contributed by atoms with E-state index in [9.17, 15) is 9.90 Å². The maximum atomic E-state index is 12.5. The minimum atomic E-state index is -1.09. The number of pyridine rings is 1. The number of benzene rings is 2. The second-order valence-corrected chi connectivity index (χ2v) is 7.41. The van der Waals surface area contributed by atoms with Gasteiger partial charge in [-0.2, -0.15) is 0 Å². The summed E-state index contributed by atoms with van der Waals surface area (Å²) in [6, 6.07) is 21.9. The first-order chi connectivity index (χ1) is 13.7. The number of rotatable bonds is 3. The summed E-state index contributed by atoms with van der Waals surface area (Å²) in [6.45, 7) is 0.673. The normalized spacial score (nSPS) is 16.8. The summed E-state index contributed by atoms with van der Waals surface area (Å²) in [5.74, 6) is 0.0345. The van der Waals surface area contributed by atoms with E-state index >= 15 is 0 Å². The molecule has 2 aromatic carbocycles. The van der Waals surface area contributed by atoms with Gasteiger partial charge in [-0.15, -0.1) is 0 Å². The molecule has 28 heavy (non-hydrogen) atoms. The Labute approximate surface area is 163 Å². The van der Waals surface area contributed by atoms with Crippen LogP contribution in [0.15, 0.2) is 72.9 Å². The van der Waals surface area contributed by atoms with E-state index in [1.54, 1.807) is 18.3 Å². The highest BCUT2D eigenvalue weighted by molar-refractivity contribution is 5.79. The van der Waals surface area contributed by atoms with Crippen LogP contribution in [-0.2, 0) is 10.3 Å². The van der Waals surface area contributed by atoms with E-state index in [1.807, 2.05) is 30.3 Å². The molecule has 0 saturated carbocycles. The largest absolute Gasteiger partial charge is 0.448 e. The molecule has 0 spiro atoms. The molecule has 0 atom stereocenters. The van der Waals surface area contributed by atoms with Crippen LogP contribution in [0.25, 0.3) is 11.1 Å². The van der Waals surface area contributed by atoms with Crippen LogP contribution in [0.4, 0.5) is 4.79 Å². The van der Waals surface area contributed by atoms with E-state index in [0.717, 1.165) is 0 Å². The van der Waals surface area contributed by atoms with Gasteiger partial charge in [-0.3, -0.25) is 4.98 Å². The van der Waals surface area contributed by atoms with Gasteiger partial charge in [0.2, 0.25) is 0 Å². The van der Waals surface area contributed by atoms with Crippen molar-refractivity contribution in [1.82, 2.24) is 9.88 Å². The van der Waals surface area contributed by atoms with E-state index in [-0.39, 0.29) is 25.6 Å². The molecule has 1 aliphatic heterocycles. The molecule has 1 amide bonds. The van der Waals surface area contributed by atoms with Crippen LogP contribution < -0.4 is 0 Å². The van der Waals surface area contributed by atoms with E-state index in [2.05, 4.69) is 29.2 Å². The average Bonchev–Trinajstić information content (AvgIpc) is 3.04. The number of likely N-dealkylation sites (tertiary alicyclic amines) is 1. The Bertz CT molecular complexity index is 983. The zero-order chi connectivity index (χ0) is 19.1. The van der Waals surface area contributed by atoms with Crippen molar-refractivity contribution in [3.8, 4) is 11.1 Å². The van der Waals surface area contributed by atoms with Crippen LogP contribution in [0.5, 0.6) is 0 Å². The molecule has 0 bridgehead atoms. The number of carbonyl (C=O) groups is 1. The lowest BCUT2D eigenvalue weighted by molar-refractivity contribution is -0.0970. The SMILES string of the molecule is O=C(OCC1c2ccccc2-c2ccccc21)N1CC(O)(c2ccccn2)C1. The highest BCUT2D eigenvalue weighted by Crippen LogP contribution is 2.44. The zero-order valence-electron chi connectivity index (χ0n) is 15.3.